The average Bonchev–Trinajstić information content (AvgIpc) is 2.58. The van der Waals surface area contributed by atoms with Crippen LogP contribution in [0.5, 0.6) is 0 Å². The summed E-state index contributed by atoms with van der Waals surface area (Å²) in [6.45, 7) is 2.65. The molecule has 1 aliphatic heterocycles. The molecule has 1 aromatic rings. The van der Waals surface area contributed by atoms with Crippen molar-refractivity contribution in [2.45, 2.75) is 25.8 Å². The highest BCUT2D eigenvalue weighted by atomic mass is 79.9. The van der Waals surface area contributed by atoms with Crippen molar-refractivity contribution < 1.29 is 4.79 Å². The number of rotatable bonds is 4. The van der Waals surface area contributed by atoms with Gasteiger partial charge in [-0.25, -0.2) is 0 Å². The lowest BCUT2D eigenvalue weighted by atomic mass is 9.93. The maximum absolute atomic E-state index is 11.5. The van der Waals surface area contributed by atoms with Crippen LogP contribution in [0.3, 0.4) is 0 Å². The molecule has 0 aliphatic carbocycles. The Morgan fingerprint density at radius 1 is 1.30 bits per heavy atom. The topological polar surface area (TPSA) is 56.7 Å². The Hall–Kier alpha value is -1.56. The van der Waals surface area contributed by atoms with Gasteiger partial charge in [0, 0.05) is 44.6 Å². The van der Waals surface area contributed by atoms with Gasteiger partial charge in [-0.3, -0.25) is 9.79 Å². The number of hydrogen-bond acceptors (Lipinski definition) is 2. The van der Waals surface area contributed by atoms with Gasteiger partial charge in [-0.1, -0.05) is 28.1 Å². The summed E-state index contributed by atoms with van der Waals surface area (Å²) < 4.78 is 1.09. The Labute approximate surface area is 146 Å². The minimum absolute atomic E-state index is 0.140. The normalized spacial score (nSPS) is 16.3. The van der Waals surface area contributed by atoms with E-state index in [-0.39, 0.29) is 5.91 Å². The van der Waals surface area contributed by atoms with Crippen LogP contribution in [0.4, 0.5) is 0 Å². The number of piperidine rings is 1. The molecule has 1 saturated heterocycles. The molecule has 2 rings (SSSR count). The Morgan fingerprint density at radius 2 is 1.96 bits per heavy atom. The van der Waals surface area contributed by atoms with Gasteiger partial charge in [0.2, 0.25) is 5.91 Å². The quantitative estimate of drug-likeness (QED) is 0.622. The number of carbonyl (C=O) groups excluding carboxylic acids is 1. The van der Waals surface area contributed by atoms with E-state index in [1.807, 2.05) is 19.2 Å². The number of carbonyl (C=O) groups is 1. The fourth-order valence-electron chi connectivity index (χ4n) is 2.83. The van der Waals surface area contributed by atoms with Crippen LogP contribution < -0.4 is 10.6 Å². The first-order valence-corrected chi connectivity index (χ1v) is 8.82. The molecule has 0 radical (unpaired) electrons. The van der Waals surface area contributed by atoms with Crippen molar-refractivity contribution in [2.75, 3.05) is 27.2 Å². The predicted molar refractivity (Wildman–Crippen MR) is 97.3 cm³/mol. The summed E-state index contributed by atoms with van der Waals surface area (Å²) >= 11 is 3.45. The molecule has 6 heteroatoms. The lowest BCUT2D eigenvalue weighted by molar-refractivity contribution is -0.121. The standard InChI is InChI=1S/C17H25BrN4O/c1-19-16(23)11-13-7-9-22(10-8-13)17(20-2)21-12-14-3-5-15(18)6-4-14/h3-6,13H,7-12H2,1-2H3,(H,19,23)(H,20,21). The summed E-state index contributed by atoms with van der Waals surface area (Å²) in [5, 5.41) is 6.13. The van der Waals surface area contributed by atoms with Gasteiger partial charge in [-0.05, 0) is 36.5 Å². The second-order valence-corrected chi connectivity index (χ2v) is 6.75. The summed E-state index contributed by atoms with van der Waals surface area (Å²) in [6.07, 6.45) is 2.70. The number of nitrogens with zero attached hydrogens (tertiary/aromatic N) is 2. The minimum atomic E-state index is 0.140. The lowest BCUT2D eigenvalue weighted by Crippen LogP contribution is -2.45. The molecule has 5 nitrogen and oxygen atoms in total. The van der Waals surface area contributed by atoms with E-state index in [0.717, 1.165) is 42.9 Å². The van der Waals surface area contributed by atoms with Crippen molar-refractivity contribution in [1.82, 2.24) is 15.5 Å². The van der Waals surface area contributed by atoms with Crippen molar-refractivity contribution in [2.24, 2.45) is 10.9 Å². The number of benzene rings is 1. The van der Waals surface area contributed by atoms with E-state index in [1.54, 1.807) is 7.05 Å². The maximum Gasteiger partial charge on any atom is 0.220 e. The largest absolute Gasteiger partial charge is 0.359 e. The number of amides is 1. The summed E-state index contributed by atoms with van der Waals surface area (Å²) in [5.74, 6) is 1.56. The summed E-state index contributed by atoms with van der Waals surface area (Å²) in [6, 6.07) is 8.29. The molecule has 0 unspecified atom stereocenters. The molecule has 1 fully saturated rings. The van der Waals surface area contributed by atoms with Crippen LogP contribution in [-0.2, 0) is 11.3 Å². The second kappa shape index (κ2) is 8.91. The van der Waals surface area contributed by atoms with Crippen molar-refractivity contribution in [3.8, 4) is 0 Å². The third-order valence-corrected chi connectivity index (χ3v) is 4.77. The van der Waals surface area contributed by atoms with Crippen molar-refractivity contribution in [3.63, 3.8) is 0 Å². The highest BCUT2D eigenvalue weighted by molar-refractivity contribution is 9.10. The van der Waals surface area contributed by atoms with Gasteiger partial charge in [0.15, 0.2) is 5.96 Å². The van der Waals surface area contributed by atoms with Gasteiger partial charge in [-0.2, -0.15) is 0 Å². The van der Waals surface area contributed by atoms with E-state index >= 15 is 0 Å². The highest BCUT2D eigenvalue weighted by Gasteiger charge is 2.22. The predicted octanol–water partition coefficient (Wildman–Crippen LogP) is 2.37. The molecule has 0 atom stereocenters. The van der Waals surface area contributed by atoms with Crippen LogP contribution in [0.25, 0.3) is 0 Å². The smallest absolute Gasteiger partial charge is 0.220 e. The Morgan fingerprint density at radius 3 is 2.52 bits per heavy atom. The van der Waals surface area contributed by atoms with Crippen molar-refractivity contribution >= 4 is 27.8 Å². The van der Waals surface area contributed by atoms with Crippen molar-refractivity contribution in [1.29, 1.82) is 0 Å². The third kappa shape index (κ3) is 5.53. The van der Waals surface area contributed by atoms with Gasteiger partial charge in [-0.15, -0.1) is 0 Å². The summed E-state index contributed by atoms with van der Waals surface area (Å²) in [4.78, 5) is 18.1. The van der Waals surface area contributed by atoms with Crippen LogP contribution in [0, 0.1) is 5.92 Å². The number of hydrogen-bond donors (Lipinski definition) is 2. The van der Waals surface area contributed by atoms with E-state index in [0.29, 0.717) is 12.3 Å². The molecule has 2 N–H and O–H groups in total. The van der Waals surface area contributed by atoms with Gasteiger partial charge in [0.05, 0.1) is 0 Å². The monoisotopic (exact) mass is 380 g/mol. The van der Waals surface area contributed by atoms with Gasteiger partial charge in [0.25, 0.3) is 0 Å². The van der Waals surface area contributed by atoms with Gasteiger partial charge < -0.3 is 15.5 Å². The summed E-state index contributed by atoms with van der Waals surface area (Å²) in [5.41, 5.74) is 1.23. The average molecular weight is 381 g/mol. The fraction of sp³-hybridized carbons (Fsp3) is 0.529. The lowest BCUT2D eigenvalue weighted by Gasteiger charge is -2.34. The highest BCUT2D eigenvalue weighted by Crippen LogP contribution is 2.20. The number of aliphatic imine (C=N–C) groups is 1. The van der Waals surface area contributed by atoms with Crippen LogP contribution >= 0.6 is 15.9 Å². The van der Waals surface area contributed by atoms with E-state index in [9.17, 15) is 4.79 Å². The molecule has 0 bridgehead atoms. The zero-order valence-electron chi connectivity index (χ0n) is 13.8. The van der Waals surface area contributed by atoms with Crippen LogP contribution in [0.1, 0.15) is 24.8 Å². The minimum Gasteiger partial charge on any atom is -0.359 e. The van der Waals surface area contributed by atoms with Crippen LogP contribution in [0.15, 0.2) is 33.7 Å². The molecule has 126 valence electrons. The molecular formula is C17H25BrN4O. The number of likely N-dealkylation sites (tertiary alicyclic amines) is 1. The molecule has 1 aliphatic rings. The molecule has 0 aromatic heterocycles. The third-order valence-electron chi connectivity index (χ3n) is 4.24. The van der Waals surface area contributed by atoms with E-state index in [4.69, 9.17) is 0 Å². The van der Waals surface area contributed by atoms with Gasteiger partial charge >= 0.3 is 0 Å². The van der Waals surface area contributed by atoms with Crippen molar-refractivity contribution in [3.05, 3.63) is 34.3 Å². The fourth-order valence-corrected chi connectivity index (χ4v) is 3.09. The first-order valence-electron chi connectivity index (χ1n) is 8.03. The number of guanidine groups is 1. The van der Waals surface area contributed by atoms with E-state index in [2.05, 4.69) is 48.6 Å². The zero-order chi connectivity index (χ0) is 16.7. The van der Waals surface area contributed by atoms with Crippen LogP contribution in [0.2, 0.25) is 0 Å². The Bertz CT molecular complexity index is 536. The maximum atomic E-state index is 11.5. The summed E-state index contributed by atoms with van der Waals surface area (Å²) in [7, 11) is 3.52. The molecule has 1 heterocycles. The Kier molecular flexibility index (Phi) is 6.89. The molecule has 0 saturated carbocycles. The van der Waals surface area contributed by atoms with E-state index < -0.39 is 0 Å². The first kappa shape index (κ1) is 17.8. The van der Waals surface area contributed by atoms with E-state index in [1.165, 1.54) is 5.56 Å². The molecule has 0 spiro atoms. The van der Waals surface area contributed by atoms with Crippen LogP contribution in [-0.4, -0.2) is 44.0 Å². The van der Waals surface area contributed by atoms with Gasteiger partial charge in [0.1, 0.15) is 0 Å². The molecular weight excluding hydrogens is 356 g/mol. The second-order valence-electron chi connectivity index (χ2n) is 5.83. The number of halogens is 1. The SMILES string of the molecule is CN=C(NCc1ccc(Br)cc1)N1CCC(CC(=O)NC)CC1. The molecule has 1 aromatic carbocycles. The first-order chi connectivity index (χ1) is 11.1. The number of nitrogens with one attached hydrogen (secondary N) is 2. The molecule has 23 heavy (non-hydrogen) atoms. The Balaban J connectivity index is 1.81. The zero-order valence-corrected chi connectivity index (χ0v) is 15.4. The molecule has 1 amide bonds.